The van der Waals surface area contributed by atoms with Crippen LogP contribution in [0.25, 0.3) is 0 Å². The summed E-state index contributed by atoms with van der Waals surface area (Å²) in [6, 6.07) is 1.73. The second-order valence-electron chi connectivity index (χ2n) is 2.85. The van der Waals surface area contributed by atoms with Gasteiger partial charge in [-0.3, -0.25) is 0 Å². The fourth-order valence-corrected chi connectivity index (χ4v) is 0.378. The summed E-state index contributed by atoms with van der Waals surface area (Å²) in [5, 5.41) is 1.89. The van der Waals surface area contributed by atoms with Gasteiger partial charge in [-0.25, -0.2) is 10.1 Å². The molecule has 62 valence electrons. The quantitative estimate of drug-likeness (QED) is 0.428. The molecule has 3 nitrogen and oxygen atoms in total. The zero-order chi connectivity index (χ0) is 8.91. The summed E-state index contributed by atoms with van der Waals surface area (Å²) in [5.74, 6) is 0. The van der Waals surface area contributed by atoms with Crippen LogP contribution in [-0.4, -0.2) is 11.7 Å². The van der Waals surface area contributed by atoms with Gasteiger partial charge in [0, 0.05) is 0 Å². The van der Waals surface area contributed by atoms with Gasteiger partial charge in [-0.2, -0.15) is 0 Å². The van der Waals surface area contributed by atoms with Crippen molar-refractivity contribution in [2.75, 3.05) is 0 Å². The summed E-state index contributed by atoms with van der Waals surface area (Å²) in [6.07, 6.45) is 0.275. The van der Waals surface area contributed by atoms with E-state index >= 15 is 0 Å². The molecule has 0 aliphatic heterocycles. The van der Waals surface area contributed by atoms with E-state index < -0.39 is 11.7 Å². The van der Waals surface area contributed by atoms with E-state index in [-0.39, 0.29) is 0 Å². The molecule has 1 amide bonds. The maximum absolute atomic E-state index is 11.2. The summed E-state index contributed by atoms with van der Waals surface area (Å²) in [6.45, 7) is 5.11. The number of alkyl carbamates (subject to hydrolysis) is 1. The Balaban J connectivity index is 3.77. The molecular formula is C7H10FNO2. The van der Waals surface area contributed by atoms with Crippen LogP contribution in [0.4, 0.5) is 9.18 Å². The molecule has 1 N–H and O–H groups in total. The van der Waals surface area contributed by atoms with Crippen LogP contribution < -0.4 is 5.32 Å². The van der Waals surface area contributed by atoms with E-state index in [2.05, 4.69) is 0 Å². The minimum absolute atomic E-state index is 0.581. The maximum Gasteiger partial charge on any atom is 0.419 e. The Hall–Kier alpha value is -1.24. The predicted octanol–water partition coefficient (Wildman–Crippen LogP) is 1.40. The second kappa shape index (κ2) is 3.81. The van der Waals surface area contributed by atoms with Gasteiger partial charge in [0.15, 0.2) is 0 Å². The van der Waals surface area contributed by atoms with Crippen molar-refractivity contribution in [1.82, 2.24) is 5.32 Å². The average Bonchev–Trinajstić information content (AvgIpc) is 1.79. The van der Waals surface area contributed by atoms with E-state index in [9.17, 15) is 9.18 Å². The smallest absolute Gasteiger partial charge is 0.419 e. The van der Waals surface area contributed by atoms with Crippen molar-refractivity contribution < 1.29 is 13.9 Å². The summed E-state index contributed by atoms with van der Waals surface area (Å²) in [7, 11) is 0. The standard InChI is InChI=1S/C7H10FNO2/c1-7(2,3)11-6(10)9-5-4-8/h1-3H3,(H,9,10). The molecule has 0 aliphatic carbocycles. The third-order valence-corrected chi connectivity index (χ3v) is 0.611. The third-order valence-electron chi connectivity index (χ3n) is 0.611. The molecule has 0 heterocycles. The molecule has 0 saturated carbocycles. The van der Waals surface area contributed by atoms with E-state index in [0.29, 0.717) is 0 Å². The van der Waals surface area contributed by atoms with Gasteiger partial charge in [0.2, 0.25) is 0 Å². The Morgan fingerprint density at radius 2 is 2.09 bits per heavy atom. The lowest BCUT2D eigenvalue weighted by atomic mass is 10.2. The normalized spacial score (nSPS) is 9.45. The molecule has 11 heavy (non-hydrogen) atoms. The van der Waals surface area contributed by atoms with Crippen molar-refractivity contribution in [1.29, 1.82) is 0 Å². The van der Waals surface area contributed by atoms with Gasteiger partial charge in [-0.1, -0.05) is 0 Å². The molecule has 4 heteroatoms. The van der Waals surface area contributed by atoms with Crippen molar-refractivity contribution in [3.63, 3.8) is 0 Å². The minimum Gasteiger partial charge on any atom is -0.443 e. The number of carbonyl (C=O) groups excluding carboxylic acids is 1. The Morgan fingerprint density at radius 3 is 2.45 bits per heavy atom. The lowest BCUT2D eigenvalue weighted by Gasteiger charge is -2.18. The molecule has 0 spiro atoms. The molecule has 0 saturated heterocycles. The highest BCUT2D eigenvalue weighted by molar-refractivity contribution is 5.69. The van der Waals surface area contributed by atoms with Gasteiger partial charge in [0.25, 0.3) is 0 Å². The Bertz CT molecular complexity index is 197. The van der Waals surface area contributed by atoms with Crippen molar-refractivity contribution in [3.8, 4) is 12.2 Å². The lowest BCUT2D eigenvalue weighted by molar-refractivity contribution is 0.0557. The van der Waals surface area contributed by atoms with E-state index in [1.807, 2.05) is 5.32 Å². The number of nitrogens with one attached hydrogen (secondary N) is 1. The maximum atomic E-state index is 11.2. The fraction of sp³-hybridized carbons (Fsp3) is 0.571. The van der Waals surface area contributed by atoms with Crippen LogP contribution in [0.1, 0.15) is 20.8 Å². The largest absolute Gasteiger partial charge is 0.443 e. The van der Waals surface area contributed by atoms with Gasteiger partial charge in [-0.05, 0) is 20.8 Å². The molecule has 0 atom stereocenters. The van der Waals surface area contributed by atoms with Gasteiger partial charge < -0.3 is 4.74 Å². The second-order valence-corrected chi connectivity index (χ2v) is 2.85. The molecule has 0 radical (unpaired) electrons. The van der Waals surface area contributed by atoms with Gasteiger partial charge in [0.05, 0.1) is 6.04 Å². The lowest BCUT2D eigenvalue weighted by Crippen LogP contribution is -2.29. The first-order valence-electron chi connectivity index (χ1n) is 3.05. The first kappa shape index (κ1) is 9.76. The number of hydrogen-bond donors (Lipinski definition) is 1. The SMILES string of the molecule is CC(C)(C)OC(=O)NC#CF. The molecular weight excluding hydrogens is 149 g/mol. The molecule has 0 aromatic carbocycles. The van der Waals surface area contributed by atoms with Crippen molar-refractivity contribution in [3.05, 3.63) is 0 Å². The van der Waals surface area contributed by atoms with Crippen LogP contribution in [0, 0.1) is 12.2 Å². The number of hydrogen-bond acceptors (Lipinski definition) is 2. The minimum atomic E-state index is -0.748. The topological polar surface area (TPSA) is 38.3 Å². The zero-order valence-corrected chi connectivity index (χ0v) is 6.69. The van der Waals surface area contributed by atoms with Crippen LogP contribution >= 0.6 is 0 Å². The first-order valence-corrected chi connectivity index (χ1v) is 3.05. The molecule has 0 fully saturated rings. The van der Waals surface area contributed by atoms with Gasteiger partial charge >= 0.3 is 6.09 Å². The van der Waals surface area contributed by atoms with Crippen molar-refractivity contribution in [2.45, 2.75) is 26.4 Å². The molecule has 0 bridgehead atoms. The van der Waals surface area contributed by atoms with Crippen LogP contribution in [0.5, 0.6) is 0 Å². The average molecular weight is 159 g/mol. The van der Waals surface area contributed by atoms with Crippen molar-refractivity contribution >= 4 is 6.09 Å². The number of halogens is 1. The van der Waals surface area contributed by atoms with Crippen molar-refractivity contribution in [2.24, 2.45) is 0 Å². The van der Waals surface area contributed by atoms with Crippen LogP contribution in [0.3, 0.4) is 0 Å². The molecule has 0 aromatic rings. The monoisotopic (exact) mass is 159 g/mol. The number of ether oxygens (including phenoxy) is 1. The van der Waals surface area contributed by atoms with E-state index in [1.54, 1.807) is 26.8 Å². The summed E-state index contributed by atoms with van der Waals surface area (Å²) in [4.78, 5) is 10.6. The highest BCUT2D eigenvalue weighted by Gasteiger charge is 2.14. The van der Waals surface area contributed by atoms with Crippen LogP contribution in [0.2, 0.25) is 0 Å². The zero-order valence-electron chi connectivity index (χ0n) is 6.69. The van der Waals surface area contributed by atoms with Gasteiger partial charge in [0.1, 0.15) is 11.8 Å². The highest BCUT2D eigenvalue weighted by Crippen LogP contribution is 2.05. The third kappa shape index (κ3) is 6.65. The predicted molar refractivity (Wildman–Crippen MR) is 38.3 cm³/mol. The summed E-state index contributed by atoms with van der Waals surface area (Å²) < 4.78 is 15.9. The number of carbonyl (C=O) groups is 1. The van der Waals surface area contributed by atoms with E-state index in [4.69, 9.17) is 4.74 Å². The van der Waals surface area contributed by atoms with E-state index in [1.165, 1.54) is 0 Å². The first-order chi connectivity index (χ1) is 4.95. The fourth-order valence-electron chi connectivity index (χ4n) is 0.378. The number of amides is 1. The summed E-state index contributed by atoms with van der Waals surface area (Å²) in [5.41, 5.74) is -0.581. The van der Waals surface area contributed by atoms with Gasteiger partial charge in [-0.15, -0.1) is 4.39 Å². The number of rotatable bonds is 0. The molecule has 0 aliphatic rings. The Labute approximate surface area is 64.9 Å². The van der Waals surface area contributed by atoms with Crippen LogP contribution in [0.15, 0.2) is 0 Å². The van der Waals surface area contributed by atoms with Crippen LogP contribution in [-0.2, 0) is 4.74 Å². The summed E-state index contributed by atoms with van der Waals surface area (Å²) >= 11 is 0. The Kier molecular flexibility index (Phi) is 3.38. The van der Waals surface area contributed by atoms with E-state index in [0.717, 1.165) is 6.17 Å². The highest BCUT2D eigenvalue weighted by atomic mass is 19.1. The molecule has 0 aromatic heterocycles. The molecule has 0 unspecified atom stereocenters. The Morgan fingerprint density at radius 1 is 1.55 bits per heavy atom. The molecule has 0 rings (SSSR count).